The quantitative estimate of drug-likeness (QED) is 0.530. The van der Waals surface area contributed by atoms with Crippen LogP contribution in [0.5, 0.6) is 0 Å². The number of aliphatic hydroxyl groups excluding tert-OH is 2. The van der Waals surface area contributed by atoms with Crippen molar-refractivity contribution >= 4 is 5.69 Å². The second-order valence-corrected chi connectivity index (χ2v) is 5.12. The summed E-state index contributed by atoms with van der Waals surface area (Å²) in [6.07, 6.45) is 0. The van der Waals surface area contributed by atoms with Crippen LogP contribution in [-0.4, -0.2) is 63.4 Å². The van der Waals surface area contributed by atoms with Crippen molar-refractivity contribution in [2.75, 3.05) is 58.1 Å². The minimum atomic E-state index is -0.0340. The normalized spacial score (nSPS) is 11.0. The lowest BCUT2D eigenvalue weighted by Crippen LogP contribution is -2.28. The highest BCUT2D eigenvalue weighted by Gasteiger charge is 2.07. The Morgan fingerprint density at radius 2 is 1.43 bits per heavy atom. The van der Waals surface area contributed by atoms with E-state index in [0.29, 0.717) is 33.0 Å². The summed E-state index contributed by atoms with van der Waals surface area (Å²) in [5, 5.41) is 18.6. The number of benzene rings is 1. The van der Waals surface area contributed by atoms with Gasteiger partial charge in [-0.3, -0.25) is 0 Å². The summed E-state index contributed by atoms with van der Waals surface area (Å²) >= 11 is 0. The number of rotatable bonds is 13. The lowest BCUT2D eigenvalue weighted by Gasteiger charge is -2.24. The second kappa shape index (κ2) is 12.3. The van der Waals surface area contributed by atoms with E-state index in [0.717, 1.165) is 29.9 Å². The third-order valence-corrected chi connectivity index (χ3v) is 3.46. The molecule has 0 unspecified atom stereocenters. The molecular formula is C17H29NO5. The summed E-state index contributed by atoms with van der Waals surface area (Å²) in [6, 6.07) is 5.69. The van der Waals surface area contributed by atoms with Crippen molar-refractivity contribution in [3.05, 3.63) is 29.3 Å². The van der Waals surface area contributed by atoms with Gasteiger partial charge in [0.25, 0.3) is 0 Å². The standard InChI is InChI=1S/C17H29NO5/c1-3-18(4-5-22-8-9-23-7-6-21-2)17-11-15(13-19)10-16(12-17)14-20/h10-12,19-20H,3-9,13-14H2,1-2H3. The van der Waals surface area contributed by atoms with Crippen molar-refractivity contribution in [2.24, 2.45) is 0 Å². The summed E-state index contributed by atoms with van der Waals surface area (Å²) in [5.41, 5.74) is 2.60. The van der Waals surface area contributed by atoms with E-state index in [1.807, 2.05) is 18.2 Å². The average Bonchev–Trinajstić information content (AvgIpc) is 2.60. The molecule has 0 amide bonds. The molecule has 1 rings (SSSR count). The van der Waals surface area contributed by atoms with Crippen molar-refractivity contribution in [3.63, 3.8) is 0 Å². The Bertz CT molecular complexity index is 405. The number of anilines is 1. The van der Waals surface area contributed by atoms with E-state index in [1.54, 1.807) is 7.11 Å². The molecule has 0 saturated carbocycles. The minimum absolute atomic E-state index is 0.0340. The largest absolute Gasteiger partial charge is 0.392 e. The maximum absolute atomic E-state index is 9.32. The fourth-order valence-corrected chi connectivity index (χ4v) is 2.22. The molecule has 0 radical (unpaired) electrons. The van der Waals surface area contributed by atoms with Gasteiger partial charge < -0.3 is 29.3 Å². The van der Waals surface area contributed by atoms with Gasteiger partial charge in [0.05, 0.1) is 46.2 Å². The van der Waals surface area contributed by atoms with Crippen LogP contribution in [0.15, 0.2) is 18.2 Å². The Labute approximate surface area is 138 Å². The Hall–Kier alpha value is -1.18. The van der Waals surface area contributed by atoms with Gasteiger partial charge in [0.2, 0.25) is 0 Å². The molecule has 2 N–H and O–H groups in total. The molecule has 1 aromatic carbocycles. The summed E-state index contributed by atoms with van der Waals surface area (Å²) < 4.78 is 15.8. The summed E-state index contributed by atoms with van der Waals surface area (Å²) in [4.78, 5) is 2.16. The maximum Gasteiger partial charge on any atom is 0.0701 e. The van der Waals surface area contributed by atoms with Crippen LogP contribution in [0, 0.1) is 0 Å². The third-order valence-electron chi connectivity index (χ3n) is 3.46. The number of ether oxygens (including phenoxy) is 3. The van der Waals surface area contributed by atoms with E-state index in [1.165, 1.54) is 0 Å². The number of methoxy groups -OCH3 is 1. The fraction of sp³-hybridized carbons (Fsp3) is 0.647. The second-order valence-electron chi connectivity index (χ2n) is 5.12. The molecule has 0 saturated heterocycles. The van der Waals surface area contributed by atoms with Crippen LogP contribution in [0.3, 0.4) is 0 Å². The molecule has 0 fully saturated rings. The average molecular weight is 327 g/mol. The van der Waals surface area contributed by atoms with E-state index in [9.17, 15) is 10.2 Å². The first kappa shape index (κ1) is 19.9. The molecule has 0 aliphatic carbocycles. The molecule has 6 nitrogen and oxygen atoms in total. The number of hydrogen-bond acceptors (Lipinski definition) is 6. The van der Waals surface area contributed by atoms with Crippen LogP contribution in [0.4, 0.5) is 5.69 Å². The highest BCUT2D eigenvalue weighted by molar-refractivity contribution is 5.51. The van der Waals surface area contributed by atoms with Gasteiger partial charge in [-0.1, -0.05) is 6.07 Å². The topological polar surface area (TPSA) is 71.4 Å². The molecule has 23 heavy (non-hydrogen) atoms. The van der Waals surface area contributed by atoms with Gasteiger partial charge >= 0.3 is 0 Å². The number of aliphatic hydroxyl groups is 2. The monoisotopic (exact) mass is 327 g/mol. The number of hydrogen-bond donors (Lipinski definition) is 2. The van der Waals surface area contributed by atoms with E-state index in [2.05, 4.69) is 11.8 Å². The molecule has 6 heteroatoms. The lowest BCUT2D eigenvalue weighted by atomic mass is 10.1. The zero-order valence-corrected chi connectivity index (χ0v) is 14.2. The molecule has 0 atom stereocenters. The smallest absolute Gasteiger partial charge is 0.0701 e. The SMILES string of the molecule is CCN(CCOCCOCCOC)c1cc(CO)cc(CO)c1. The van der Waals surface area contributed by atoms with Crippen molar-refractivity contribution in [2.45, 2.75) is 20.1 Å². The Balaban J connectivity index is 2.39. The third kappa shape index (κ3) is 7.76. The van der Waals surface area contributed by atoms with E-state index in [-0.39, 0.29) is 13.2 Å². The first-order chi connectivity index (χ1) is 11.2. The zero-order chi connectivity index (χ0) is 16.9. The van der Waals surface area contributed by atoms with Crippen LogP contribution in [-0.2, 0) is 27.4 Å². The molecule has 0 spiro atoms. The molecular weight excluding hydrogens is 298 g/mol. The maximum atomic E-state index is 9.32. The van der Waals surface area contributed by atoms with Crippen molar-refractivity contribution in [1.82, 2.24) is 0 Å². The summed E-state index contributed by atoms with van der Waals surface area (Å²) in [5.74, 6) is 0. The first-order valence-electron chi connectivity index (χ1n) is 7.99. The Morgan fingerprint density at radius 1 is 0.870 bits per heavy atom. The van der Waals surface area contributed by atoms with Gasteiger partial charge in [-0.15, -0.1) is 0 Å². The lowest BCUT2D eigenvalue weighted by molar-refractivity contribution is 0.0265. The van der Waals surface area contributed by atoms with Gasteiger partial charge in [-0.05, 0) is 30.2 Å². The number of likely N-dealkylation sites (N-methyl/N-ethyl adjacent to an activating group) is 1. The van der Waals surface area contributed by atoms with Crippen LogP contribution < -0.4 is 4.90 Å². The van der Waals surface area contributed by atoms with Crippen LogP contribution in [0.1, 0.15) is 18.1 Å². The van der Waals surface area contributed by atoms with Crippen molar-refractivity contribution < 1.29 is 24.4 Å². The van der Waals surface area contributed by atoms with E-state index >= 15 is 0 Å². The molecule has 0 aliphatic rings. The van der Waals surface area contributed by atoms with Crippen LogP contribution in [0.2, 0.25) is 0 Å². The van der Waals surface area contributed by atoms with Gasteiger partial charge in [0, 0.05) is 25.9 Å². The van der Waals surface area contributed by atoms with E-state index < -0.39 is 0 Å². The van der Waals surface area contributed by atoms with Crippen LogP contribution in [0.25, 0.3) is 0 Å². The van der Waals surface area contributed by atoms with Crippen molar-refractivity contribution in [1.29, 1.82) is 0 Å². The molecule has 132 valence electrons. The Kier molecular flexibility index (Phi) is 10.6. The summed E-state index contributed by atoms with van der Waals surface area (Å²) in [7, 11) is 1.65. The highest BCUT2D eigenvalue weighted by Crippen LogP contribution is 2.19. The van der Waals surface area contributed by atoms with Gasteiger partial charge in [0.1, 0.15) is 0 Å². The molecule has 0 bridgehead atoms. The predicted molar refractivity (Wildman–Crippen MR) is 89.7 cm³/mol. The first-order valence-corrected chi connectivity index (χ1v) is 7.99. The van der Waals surface area contributed by atoms with E-state index in [4.69, 9.17) is 14.2 Å². The minimum Gasteiger partial charge on any atom is -0.392 e. The van der Waals surface area contributed by atoms with Gasteiger partial charge in [-0.25, -0.2) is 0 Å². The number of nitrogens with zero attached hydrogens (tertiary/aromatic N) is 1. The molecule has 0 aliphatic heterocycles. The predicted octanol–water partition coefficient (Wildman–Crippen LogP) is 1.18. The molecule has 1 aromatic rings. The zero-order valence-electron chi connectivity index (χ0n) is 14.2. The molecule has 0 heterocycles. The summed E-state index contributed by atoms with van der Waals surface area (Å²) in [6.45, 7) is 6.46. The highest BCUT2D eigenvalue weighted by atomic mass is 16.5. The van der Waals surface area contributed by atoms with Gasteiger partial charge in [0.15, 0.2) is 0 Å². The van der Waals surface area contributed by atoms with Crippen molar-refractivity contribution in [3.8, 4) is 0 Å². The van der Waals surface area contributed by atoms with Gasteiger partial charge in [-0.2, -0.15) is 0 Å². The molecule has 0 aromatic heterocycles. The van der Waals surface area contributed by atoms with Crippen LogP contribution >= 0.6 is 0 Å². The fourth-order valence-electron chi connectivity index (χ4n) is 2.22. The Morgan fingerprint density at radius 3 is 1.96 bits per heavy atom.